The maximum absolute atomic E-state index is 5.95. The molecule has 28 heavy (non-hydrogen) atoms. The number of nitrogens with one attached hydrogen (secondary N) is 2. The van der Waals surface area contributed by atoms with E-state index in [1.165, 1.54) is 42.9 Å². The highest BCUT2D eigenvalue weighted by Gasteiger charge is 2.59. The zero-order chi connectivity index (χ0) is 18.7. The van der Waals surface area contributed by atoms with E-state index in [1.54, 1.807) is 11.3 Å². The van der Waals surface area contributed by atoms with Crippen LogP contribution in [0.5, 0.6) is 0 Å². The summed E-state index contributed by atoms with van der Waals surface area (Å²) in [6.07, 6.45) is 8.95. The van der Waals surface area contributed by atoms with Crippen LogP contribution >= 0.6 is 35.3 Å². The van der Waals surface area contributed by atoms with Gasteiger partial charge < -0.3 is 20.3 Å². The van der Waals surface area contributed by atoms with E-state index in [0.29, 0.717) is 17.6 Å². The molecule has 158 valence electrons. The fraction of sp³-hybridized carbons (Fsp3) is 0.800. The highest BCUT2D eigenvalue weighted by Crippen LogP contribution is 2.57. The Morgan fingerprint density at radius 1 is 1.36 bits per heavy atom. The van der Waals surface area contributed by atoms with E-state index in [4.69, 9.17) is 9.72 Å². The smallest absolute Gasteiger partial charge is 0.191 e. The molecule has 2 heterocycles. The first-order valence-corrected chi connectivity index (χ1v) is 11.4. The van der Waals surface area contributed by atoms with Gasteiger partial charge in [-0.05, 0) is 39.0 Å². The van der Waals surface area contributed by atoms with Crippen molar-refractivity contribution in [2.75, 3.05) is 38.2 Å². The lowest BCUT2D eigenvalue weighted by Gasteiger charge is -2.61. The van der Waals surface area contributed by atoms with Crippen molar-refractivity contribution in [3.63, 3.8) is 0 Å². The molecule has 6 nitrogen and oxygen atoms in total. The molecule has 3 fully saturated rings. The molecule has 0 bridgehead atoms. The normalized spacial score (nSPS) is 25.8. The molecule has 8 heteroatoms. The lowest BCUT2D eigenvalue weighted by Crippen LogP contribution is -2.68. The summed E-state index contributed by atoms with van der Waals surface area (Å²) in [5.74, 6) is 0.913. The Labute approximate surface area is 189 Å². The Morgan fingerprint density at radius 3 is 2.79 bits per heavy atom. The van der Waals surface area contributed by atoms with Crippen molar-refractivity contribution in [2.24, 2.45) is 10.4 Å². The average Bonchev–Trinajstić information content (AvgIpc) is 3.29. The summed E-state index contributed by atoms with van der Waals surface area (Å²) in [6.45, 7) is 6.10. The van der Waals surface area contributed by atoms with Crippen LogP contribution in [0, 0.1) is 5.41 Å². The predicted molar refractivity (Wildman–Crippen MR) is 127 cm³/mol. The van der Waals surface area contributed by atoms with Gasteiger partial charge in [0.2, 0.25) is 0 Å². The first-order chi connectivity index (χ1) is 13.2. The summed E-state index contributed by atoms with van der Waals surface area (Å²) >= 11 is 1.78. The van der Waals surface area contributed by atoms with Gasteiger partial charge in [-0.3, -0.25) is 4.99 Å². The molecule has 2 atom stereocenters. The van der Waals surface area contributed by atoms with E-state index in [2.05, 4.69) is 32.8 Å². The molecule has 1 aliphatic heterocycles. The number of guanidine groups is 1. The van der Waals surface area contributed by atoms with E-state index in [9.17, 15) is 0 Å². The van der Waals surface area contributed by atoms with Crippen LogP contribution in [-0.4, -0.2) is 56.4 Å². The Balaban J connectivity index is 0.00000225. The molecule has 2 saturated carbocycles. The minimum atomic E-state index is 0. The van der Waals surface area contributed by atoms with Gasteiger partial charge in [0.15, 0.2) is 11.1 Å². The number of hydrogen-bond acceptors (Lipinski definition) is 5. The van der Waals surface area contributed by atoms with E-state index < -0.39 is 0 Å². The molecule has 2 aliphatic carbocycles. The SMILES string of the molecule is CCOC1CC(NC(=NC)NCCc2csc(N3CCCC3)n2)C12CCC2.I. The Hall–Kier alpha value is -0.610. The van der Waals surface area contributed by atoms with E-state index in [1.807, 2.05) is 7.05 Å². The molecule has 2 unspecified atom stereocenters. The summed E-state index contributed by atoms with van der Waals surface area (Å²) < 4.78 is 5.95. The second-order valence-corrected chi connectivity index (χ2v) is 8.86. The minimum absolute atomic E-state index is 0. The van der Waals surface area contributed by atoms with Gasteiger partial charge in [0.25, 0.3) is 0 Å². The zero-order valence-electron chi connectivity index (χ0n) is 17.1. The molecule has 0 radical (unpaired) electrons. The molecular weight excluding hydrogens is 485 g/mol. The highest BCUT2D eigenvalue weighted by atomic mass is 127. The topological polar surface area (TPSA) is 61.8 Å². The lowest BCUT2D eigenvalue weighted by molar-refractivity contribution is -0.168. The quantitative estimate of drug-likeness (QED) is 0.329. The van der Waals surface area contributed by atoms with Gasteiger partial charge in [-0.25, -0.2) is 4.98 Å². The van der Waals surface area contributed by atoms with Crippen LogP contribution in [0.15, 0.2) is 10.4 Å². The van der Waals surface area contributed by atoms with Gasteiger partial charge in [-0.15, -0.1) is 35.3 Å². The van der Waals surface area contributed by atoms with Crippen molar-refractivity contribution in [1.29, 1.82) is 0 Å². The van der Waals surface area contributed by atoms with Gasteiger partial charge in [0.1, 0.15) is 0 Å². The van der Waals surface area contributed by atoms with Crippen LogP contribution in [-0.2, 0) is 11.2 Å². The van der Waals surface area contributed by atoms with Gasteiger partial charge in [-0.1, -0.05) is 6.42 Å². The molecule has 0 amide bonds. The van der Waals surface area contributed by atoms with Crippen LogP contribution in [0.1, 0.15) is 51.1 Å². The Bertz CT molecular complexity index is 657. The fourth-order valence-corrected chi connectivity index (χ4v) is 5.69. The maximum Gasteiger partial charge on any atom is 0.191 e. The summed E-state index contributed by atoms with van der Waals surface area (Å²) in [7, 11) is 1.86. The fourth-order valence-electron chi connectivity index (χ4n) is 4.77. The molecule has 0 aromatic carbocycles. The van der Waals surface area contributed by atoms with E-state index >= 15 is 0 Å². The highest BCUT2D eigenvalue weighted by molar-refractivity contribution is 14.0. The van der Waals surface area contributed by atoms with Crippen molar-refractivity contribution in [3.05, 3.63) is 11.1 Å². The Morgan fingerprint density at radius 2 is 2.14 bits per heavy atom. The number of hydrogen-bond donors (Lipinski definition) is 2. The largest absolute Gasteiger partial charge is 0.378 e. The predicted octanol–water partition coefficient (Wildman–Crippen LogP) is 3.42. The van der Waals surface area contributed by atoms with Crippen molar-refractivity contribution >= 4 is 46.4 Å². The summed E-state index contributed by atoms with van der Waals surface area (Å²) in [6, 6.07) is 0.495. The third-order valence-electron chi connectivity index (χ3n) is 6.56. The van der Waals surface area contributed by atoms with Gasteiger partial charge in [0, 0.05) is 56.5 Å². The monoisotopic (exact) mass is 519 g/mol. The number of thiazole rings is 1. The third kappa shape index (κ3) is 4.43. The number of anilines is 1. The Kier molecular flexibility index (Phi) is 7.83. The molecule has 1 aromatic rings. The van der Waals surface area contributed by atoms with Crippen LogP contribution in [0.2, 0.25) is 0 Å². The summed E-state index contributed by atoms with van der Waals surface area (Å²) in [4.78, 5) is 11.6. The number of halogens is 1. The number of nitrogens with zero attached hydrogens (tertiary/aromatic N) is 3. The molecule has 4 rings (SSSR count). The van der Waals surface area contributed by atoms with Crippen molar-refractivity contribution < 1.29 is 4.74 Å². The van der Waals surface area contributed by atoms with Crippen molar-refractivity contribution in [1.82, 2.24) is 15.6 Å². The second kappa shape index (κ2) is 9.93. The van der Waals surface area contributed by atoms with Gasteiger partial charge >= 0.3 is 0 Å². The first-order valence-electron chi connectivity index (χ1n) is 10.5. The number of ether oxygens (including phenoxy) is 1. The summed E-state index contributed by atoms with van der Waals surface area (Å²) in [5, 5.41) is 10.5. The first kappa shape index (κ1) is 22.1. The second-order valence-electron chi connectivity index (χ2n) is 8.03. The minimum Gasteiger partial charge on any atom is -0.378 e. The van der Waals surface area contributed by atoms with Crippen LogP contribution in [0.3, 0.4) is 0 Å². The lowest BCUT2D eigenvalue weighted by atomic mass is 9.51. The van der Waals surface area contributed by atoms with Crippen LogP contribution in [0.4, 0.5) is 5.13 Å². The van der Waals surface area contributed by atoms with E-state index in [-0.39, 0.29) is 24.0 Å². The molecular formula is C20H34IN5OS. The number of aliphatic imine (C=N–C) groups is 1. The summed E-state index contributed by atoms with van der Waals surface area (Å²) in [5.41, 5.74) is 1.54. The molecule has 2 N–H and O–H groups in total. The molecule has 1 saturated heterocycles. The maximum atomic E-state index is 5.95. The number of aromatic nitrogens is 1. The number of rotatable bonds is 7. The molecule has 1 aromatic heterocycles. The van der Waals surface area contributed by atoms with Crippen LogP contribution < -0.4 is 15.5 Å². The molecule has 3 aliphatic rings. The van der Waals surface area contributed by atoms with Gasteiger partial charge in [-0.2, -0.15) is 0 Å². The third-order valence-corrected chi connectivity index (χ3v) is 7.51. The molecule has 1 spiro atoms. The average molecular weight is 519 g/mol. The zero-order valence-corrected chi connectivity index (χ0v) is 20.2. The van der Waals surface area contributed by atoms with Crippen molar-refractivity contribution in [2.45, 2.75) is 64.0 Å². The van der Waals surface area contributed by atoms with Crippen LogP contribution in [0.25, 0.3) is 0 Å². The standard InChI is InChI=1S/C20H33N5OS.HI/c1-3-26-17-13-16(20(17)8-6-9-20)24-18(21-2)22-10-7-15-14-27-19(23-15)25-11-4-5-12-25;/h14,16-17H,3-13H2,1-2H3,(H2,21,22,24);1H. The van der Waals surface area contributed by atoms with Crippen molar-refractivity contribution in [3.8, 4) is 0 Å². The van der Waals surface area contributed by atoms with Gasteiger partial charge in [0.05, 0.1) is 11.8 Å². The van der Waals surface area contributed by atoms with E-state index in [0.717, 1.165) is 45.0 Å².